The smallest absolute Gasteiger partial charge is 0.309 e. The molecule has 2 rings (SSSR count). The van der Waals surface area contributed by atoms with Gasteiger partial charge in [0.05, 0.1) is 12.5 Å². The Kier molecular flexibility index (Phi) is 6.61. The Hall–Kier alpha value is -2.56. The first-order valence-corrected chi connectivity index (χ1v) is 8.53. The van der Waals surface area contributed by atoms with E-state index in [2.05, 4.69) is 0 Å². The predicted molar refractivity (Wildman–Crippen MR) is 95.7 cm³/mol. The summed E-state index contributed by atoms with van der Waals surface area (Å²) in [5, 5.41) is 0. The van der Waals surface area contributed by atoms with Gasteiger partial charge in [-0.2, -0.15) is 0 Å². The Morgan fingerprint density at radius 1 is 1.00 bits per heavy atom. The summed E-state index contributed by atoms with van der Waals surface area (Å²) in [6, 6.07) is 9.71. The molecule has 0 radical (unpaired) electrons. The van der Waals surface area contributed by atoms with Crippen molar-refractivity contribution in [3.05, 3.63) is 59.7 Å². The maximum atomic E-state index is 13.8. The summed E-state index contributed by atoms with van der Waals surface area (Å²) < 4.78 is 32.0. The van der Waals surface area contributed by atoms with Crippen molar-refractivity contribution in [2.24, 2.45) is 11.8 Å². The molecule has 1 atom stereocenters. The van der Waals surface area contributed by atoms with Gasteiger partial charge in [0.25, 0.3) is 0 Å². The summed E-state index contributed by atoms with van der Waals surface area (Å²) >= 11 is 0. The van der Waals surface area contributed by atoms with Crippen LogP contribution in [0.1, 0.15) is 37.6 Å². The van der Waals surface area contributed by atoms with Crippen LogP contribution in [-0.2, 0) is 9.53 Å². The third-order valence-electron chi connectivity index (χ3n) is 3.90. The Balaban J connectivity index is 2.03. The molecule has 0 N–H and O–H groups in total. The number of carbonyl (C=O) groups excluding carboxylic acids is 2. The Labute approximate surface area is 152 Å². The maximum absolute atomic E-state index is 13.8. The number of hydrogen-bond acceptors (Lipinski definition) is 3. The Bertz CT molecular complexity index is 782. The van der Waals surface area contributed by atoms with E-state index in [0.717, 1.165) is 6.07 Å². The highest BCUT2D eigenvalue weighted by molar-refractivity contribution is 5.98. The van der Waals surface area contributed by atoms with E-state index in [1.807, 2.05) is 13.8 Å². The minimum atomic E-state index is -0.661. The average molecular weight is 360 g/mol. The molecule has 0 aliphatic heterocycles. The van der Waals surface area contributed by atoms with E-state index in [-0.39, 0.29) is 23.7 Å². The molecule has 0 saturated heterocycles. The summed E-state index contributed by atoms with van der Waals surface area (Å²) in [5.41, 5.74) is 1.24. The van der Waals surface area contributed by atoms with Crippen LogP contribution in [0.25, 0.3) is 11.1 Å². The van der Waals surface area contributed by atoms with Gasteiger partial charge in [0.15, 0.2) is 5.78 Å². The Morgan fingerprint density at radius 2 is 1.65 bits per heavy atom. The monoisotopic (exact) mass is 360 g/mol. The first-order valence-electron chi connectivity index (χ1n) is 8.53. The molecule has 0 aromatic heterocycles. The van der Waals surface area contributed by atoms with E-state index < -0.39 is 23.5 Å². The second-order valence-electron chi connectivity index (χ2n) is 6.75. The van der Waals surface area contributed by atoms with E-state index in [1.165, 1.54) is 12.1 Å². The largest absolute Gasteiger partial charge is 0.465 e. The molecule has 5 heteroatoms. The zero-order valence-corrected chi connectivity index (χ0v) is 15.1. The van der Waals surface area contributed by atoms with Gasteiger partial charge in [0.1, 0.15) is 11.6 Å². The van der Waals surface area contributed by atoms with Crippen LogP contribution in [0.3, 0.4) is 0 Å². The van der Waals surface area contributed by atoms with Gasteiger partial charge in [-0.25, -0.2) is 8.78 Å². The molecule has 2 aromatic carbocycles. The topological polar surface area (TPSA) is 43.4 Å². The molecule has 0 saturated carbocycles. The molecule has 0 aliphatic rings. The van der Waals surface area contributed by atoms with Crippen LogP contribution >= 0.6 is 0 Å². The zero-order valence-electron chi connectivity index (χ0n) is 15.1. The number of ketones is 1. The van der Waals surface area contributed by atoms with Gasteiger partial charge in [0.2, 0.25) is 0 Å². The van der Waals surface area contributed by atoms with Gasteiger partial charge in [0, 0.05) is 23.6 Å². The SMILES string of the molecule is CC(C)COC(=O)C(C)CC(=O)c1ccc(-c2ccc(F)cc2F)cc1. The number of Topliss-reactive ketones (excluding diaryl/α,β-unsaturated/α-hetero) is 1. The van der Waals surface area contributed by atoms with Crippen molar-refractivity contribution in [3.8, 4) is 11.1 Å². The second kappa shape index (κ2) is 8.70. The van der Waals surface area contributed by atoms with E-state index >= 15 is 0 Å². The summed E-state index contributed by atoms with van der Waals surface area (Å²) in [6.45, 7) is 5.86. The van der Waals surface area contributed by atoms with Crippen molar-refractivity contribution in [3.63, 3.8) is 0 Å². The molecule has 3 nitrogen and oxygen atoms in total. The first kappa shape index (κ1) is 19.8. The number of benzene rings is 2. The molecule has 26 heavy (non-hydrogen) atoms. The lowest BCUT2D eigenvalue weighted by molar-refractivity contribution is -0.148. The first-order chi connectivity index (χ1) is 12.3. The van der Waals surface area contributed by atoms with Crippen molar-refractivity contribution < 1.29 is 23.1 Å². The molecule has 0 spiro atoms. The molecular weight excluding hydrogens is 338 g/mol. The summed E-state index contributed by atoms with van der Waals surface area (Å²) in [6.07, 6.45) is 0.0428. The van der Waals surface area contributed by atoms with Crippen LogP contribution in [0.2, 0.25) is 0 Å². The number of halogens is 2. The van der Waals surface area contributed by atoms with Crippen LogP contribution in [-0.4, -0.2) is 18.4 Å². The predicted octanol–water partition coefficient (Wildman–Crippen LogP) is 5.04. The number of ether oxygens (including phenoxy) is 1. The standard InChI is InChI=1S/C21H22F2O3/c1-13(2)12-26-21(25)14(3)10-20(24)16-6-4-15(5-7-16)18-9-8-17(22)11-19(18)23/h4-9,11,13-14H,10,12H2,1-3H3. The fourth-order valence-electron chi connectivity index (χ4n) is 2.43. The number of rotatable bonds is 7. The highest BCUT2D eigenvalue weighted by Gasteiger charge is 2.20. The molecule has 0 aliphatic carbocycles. The lowest BCUT2D eigenvalue weighted by Crippen LogP contribution is -2.20. The molecule has 0 heterocycles. The second-order valence-corrected chi connectivity index (χ2v) is 6.75. The van der Waals surface area contributed by atoms with Crippen molar-refractivity contribution in [2.45, 2.75) is 27.2 Å². The quantitative estimate of drug-likeness (QED) is 0.513. The van der Waals surface area contributed by atoms with E-state index in [9.17, 15) is 18.4 Å². The van der Waals surface area contributed by atoms with Gasteiger partial charge in [-0.3, -0.25) is 9.59 Å². The number of esters is 1. The number of hydrogen-bond donors (Lipinski definition) is 0. The van der Waals surface area contributed by atoms with Crippen LogP contribution in [0.15, 0.2) is 42.5 Å². The van der Waals surface area contributed by atoms with Gasteiger partial charge in [-0.15, -0.1) is 0 Å². The van der Waals surface area contributed by atoms with Crippen molar-refractivity contribution >= 4 is 11.8 Å². The van der Waals surface area contributed by atoms with E-state index in [4.69, 9.17) is 4.74 Å². The van der Waals surface area contributed by atoms with E-state index in [0.29, 0.717) is 17.7 Å². The average Bonchev–Trinajstić information content (AvgIpc) is 2.59. The lowest BCUT2D eigenvalue weighted by atomic mass is 9.97. The highest BCUT2D eigenvalue weighted by Crippen LogP contribution is 2.24. The van der Waals surface area contributed by atoms with Gasteiger partial charge >= 0.3 is 5.97 Å². The molecule has 0 fully saturated rings. The molecule has 138 valence electrons. The third-order valence-corrected chi connectivity index (χ3v) is 3.90. The van der Waals surface area contributed by atoms with E-state index in [1.54, 1.807) is 31.2 Å². The van der Waals surface area contributed by atoms with Crippen molar-refractivity contribution in [1.82, 2.24) is 0 Å². The van der Waals surface area contributed by atoms with Crippen molar-refractivity contribution in [2.75, 3.05) is 6.61 Å². The fourth-order valence-corrected chi connectivity index (χ4v) is 2.43. The van der Waals surface area contributed by atoms with Gasteiger partial charge in [-0.05, 0) is 23.6 Å². The van der Waals surface area contributed by atoms with Crippen LogP contribution < -0.4 is 0 Å². The normalized spacial score (nSPS) is 12.1. The minimum absolute atomic E-state index is 0.0428. The van der Waals surface area contributed by atoms with Crippen LogP contribution in [0.4, 0.5) is 8.78 Å². The van der Waals surface area contributed by atoms with Crippen molar-refractivity contribution in [1.29, 1.82) is 0 Å². The van der Waals surface area contributed by atoms with Gasteiger partial charge in [-0.1, -0.05) is 45.0 Å². The Morgan fingerprint density at radius 3 is 2.23 bits per heavy atom. The lowest BCUT2D eigenvalue weighted by Gasteiger charge is -2.12. The van der Waals surface area contributed by atoms with Gasteiger partial charge < -0.3 is 4.74 Å². The molecule has 0 amide bonds. The molecule has 1 unspecified atom stereocenters. The number of carbonyl (C=O) groups is 2. The summed E-state index contributed by atoms with van der Waals surface area (Å²) in [4.78, 5) is 24.2. The van der Waals surface area contributed by atoms with Crippen LogP contribution in [0.5, 0.6) is 0 Å². The molecular formula is C21H22F2O3. The third kappa shape index (κ3) is 5.22. The summed E-state index contributed by atoms with van der Waals surface area (Å²) in [7, 11) is 0. The minimum Gasteiger partial charge on any atom is -0.465 e. The zero-order chi connectivity index (χ0) is 19.3. The van der Waals surface area contributed by atoms with Crippen LogP contribution in [0, 0.1) is 23.5 Å². The fraction of sp³-hybridized carbons (Fsp3) is 0.333. The maximum Gasteiger partial charge on any atom is 0.309 e. The molecule has 0 bridgehead atoms. The summed E-state index contributed by atoms with van der Waals surface area (Å²) in [5.74, 6) is -2.18. The molecule has 2 aromatic rings. The highest BCUT2D eigenvalue weighted by atomic mass is 19.1.